The third-order valence-electron chi connectivity index (χ3n) is 5.05. The van der Waals surface area contributed by atoms with Crippen molar-refractivity contribution in [2.75, 3.05) is 13.1 Å². The average Bonchev–Trinajstić information content (AvgIpc) is 2.76. The molecular formula is C19H22N2. The van der Waals surface area contributed by atoms with E-state index in [9.17, 15) is 0 Å². The van der Waals surface area contributed by atoms with Crippen LogP contribution in [0.3, 0.4) is 0 Å². The molecule has 2 atom stereocenters. The Bertz CT molecular complexity index is 689. The molecule has 2 heterocycles. The van der Waals surface area contributed by atoms with Crippen LogP contribution in [-0.4, -0.2) is 30.1 Å². The zero-order chi connectivity index (χ0) is 14.2. The van der Waals surface area contributed by atoms with Crippen LogP contribution in [-0.2, 0) is 0 Å². The van der Waals surface area contributed by atoms with Gasteiger partial charge in [0.25, 0.3) is 0 Å². The molecule has 108 valence electrons. The first-order chi connectivity index (χ1) is 10.3. The molecule has 2 bridgehead atoms. The maximum absolute atomic E-state index is 5.76. The number of fused-ring (bicyclic) bond motifs is 3. The number of rotatable bonds is 3. The van der Waals surface area contributed by atoms with E-state index in [1.807, 2.05) is 0 Å². The van der Waals surface area contributed by atoms with Gasteiger partial charge in [0.1, 0.15) is 0 Å². The van der Waals surface area contributed by atoms with Crippen molar-refractivity contribution in [1.82, 2.24) is 4.90 Å². The first-order valence-electron chi connectivity index (χ1n) is 8.01. The summed E-state index contributed by atoms with van der Waals surface area (Å²) in [6, 6.07) is 16.8. The van der Waals surface area contributed by atoms with Gasteiger partial charge in [-0.2, -0.15) is 0 Å². The molecule has 21 heavy (non-hydrogen) atoms. The van der Waals surface area contributed by atoms with Crippen molar-refractivity contribution < 1.29 is 0 Å². The van der Waals surface area contributed by atoms with Crippen molar-refractivity contribution in [2.45, 2.75) is 31.3 Å². The number of nitrogens with two attached hydrogens (primary N) is 1. The second-order valence-corrected chi connectivity index (χ2v) is 6.28. The Kier molecular flexibility index (Phi) is 3.28. The lowest BCUT2D eigenvalue weighted by Crippen LogP contribution is -2.41. The second kappa shape index (κ2) is 5.28. The molecular weight excluding hydrogens is 256 g/mol. The fourth-order valence-corrected chi connectivity index (χ4v) is 4.02. The predicted octanol–water partition coefficient (Wildman–Crippen LogP) is 3.42. The fraction of sp³-hybridized carbons (Fsp3) is 0.368. The molecule has 2 aliphatic rings. The Hall–Kier alpha value is -1.64. The van der Waals surface area contributed by atoms with Crippen LogP contribution in [0.4, 0.5) is 0 Å². The van der Waals surface area contributed by atoms with Crippen LogP contribution in [0.15, 0.2) is 48.5 Å². The zero-order valence-electron chi connectivity index (χ0n) is 12.3. The molecule has 2 nitrogen and oxygen atoms in total. The summed E-state index contributed by atoms with van der Waals surface area (Å²) in [5.41, 5.74) is 8.69. The van der Waals surface area contributed by atoms with Gasteiger partial charge in [-0.05, 0) is 47.2 Å². The summed E-state index contributed by atoms with van der Waals surface area (Å²) in [5.74, 6) is 0. The van der Waals surface area contributed by atoms with Gasteiger partial charge in [-0.25, -0.2) is 0 Å². The Morgan fingerprint density at radius 3 is 2.71 bits per heavy atom. The highest BCUT2D eigenvalue weighted by Gasteiger charge is 2.35. The normalized spacial score (nSPS) is 25.3. The zero-order valence-corrected chi connectivity index (χ0v) is 12.3. The topological polar surface area (TPSA) is 29.3 Å². The molecule has 4 rings (SSSR count). The molecule has 0 aromatic heterocycles. The molecule has 0 aliphatic carbocycles. The molecule has 2 aromatic carbocycles. The SMILES string of the molecule is NCCN1C2C=C(c3ccc4ccccc4c3)CC1CC2. The van der Waals surface area contributed by atoms with E-state index in [-0.39, 0.29) is 0 Å². The van der Waals surface area contributed by atoms with Crippen molar-refractivity contribution in [1.29, 1.82) is 0 Å². The lowest BCUT2D eigenvalue weighted by atomic mass is 9.93. The van der Waals surface area contributed by atoms with Crippen LogP contribution < -0.4 is 5.73 Å². The summed E-state index contributed by atoms with van der Waals surface area (Å²) in [4.78, 5) is 2.60. The highest BCUT2D eigenvalue weighted by Crippen LogP contribution is 2.38. The number of hydrogen-bond donors (Lipinski definition) is 1. The minimum atomic E-state index is 0.605. The highest BCUT2D eigenvalue weighted by atomic mass is 15.2. The van der Waals surface area contributed by atoms with Crippen LogP contribution in [0.1, 0.15) is 24.8 Å². The predicted molar refractivity (Wildman–Crippen MR) is 89.1 cm³/mol. The summed E-state index contributed by atoms with van der Waals surface area (Å²) in [5, 5.41) is 2.66. The van der Waals surface area contributed by atoms with E-state index >= 15 is 0 Å². The summed E-state index contributed by atoms with van der Waals surface area (Å²) >= 11 is 0. The van der Waals surface area contributed by atoms with Gasteiger partial charge < -0.3 is 5.73 Å². The Morgan fingerprint density at radius 2 is 1.90 bits per heavy atom. The minimum absolute atomic E-state index is 0.605. The van der Waals surface area contributed by atoms with Crippen molar-refractivity contribution in [3.8, 4) is 0 Å². The first kappa shape index (κ1) is 13.1. The van der Waals surface area contributed by atoms with E-state index in [2.05, 4.69) is 53.4 Å². The van der Waals surface area contributed by atoms with E-state index in [1.165, 1.54) is 41.2 Å². The summed E-state index contributed by atoms with van der Waals surface area (Å²) in [6.07, 6.45) is 6.28. The van der Waals surface area contributed by atoms with Crippen LogP contribution in [0.5, 0.6) is 0 Å². The first-order valence-corrected chi connectivity index (χ1v) is 8.01. The minimum Gasteiger partial charge on any atom is -0.329 e. The lowest BCUT2D eigenvalue weighted by Gasteiger charge is -2.33. The van der Waals surface area contributed by atoms with Gasteiger partial charge in [0.15, 0.2) is 0 Å². The third-order valence-corrected chi connectivity index (χ3v) is 5.05. The van der Waals surface area contributed by atoms with Gasteiger partial charge in [-0.1, -0.05) is 42.5 Å². The molecule has 1 fully saturated rings. The smallest absolute Gasteiger partial charge is 0.0288 e. The van der Waals surface area contributed by atoms with Crippen LogP contribution >= 0.6 is 0 Å². The number of benzene rings is 2. The van der Waals surface area contributed by atoms with Crippen LogP contribution in [0.25, 0.3) is 16.3 Å². The van der Waals surface area contributed by atoms with E-state index in [4.69, 9.17) is 5.73 Å². The standard InChI is InChI=1S/C19H22N2/c20-9-10-21-18-7-8-19(21)13-17(12-18)16-6-5-14-3-1-2-4-15(14)11-16/h1-6,11-12,18-19H,7-10,13,20H2. The molecule has 2 unspecified atom stereocenters. The summed E-state index contributed by atoms with van der Waals surface area (Å²) in [7, 11) is 0. The van der Waals surface area contributed by atoms with Crippen molar-refractivity contribution in [3.63, 3.8) is 0 Å². The van der Waals surface area contributed by atoms with E-state index in [0.29, 0.717) is 12.1 Å². The van der Waals surface area contributed by atoms with Gasteiger partial charge in [-0.15, -0.1) is 0 Å². The Balaban J connectivity index is 1.68. The molecule has 0 amide bonds. The van der Waals surface area contributed by atoms with Gasteiger partial charge in [-0.3, -0.25) is 4.90 Å². The largest absolute Gasteiger partial charge is 0.329 e. The third kappa shape index (κ3) is 2.29. The van der Waals surface area contributed by atoms with Crippen LogP contribution in [0.2, 0.25) is 0 Å². The van der Waals surface area contributed by atoms with E-state index in [1.54, 1.807) is 0 Å². The van der Waals surface area contributed by atoms with E-state index < -0.39 is 0 Å². The van der Waals surface area contributed by atoms with E-state index in [0.717, 1.165) is 13.1 Å². The van der Waals surface area contributed by atoms with Crippen molar-refractivity contribution in [3.05, 3.63) is 54.1 Å². The quantitative estimate of drug-likeness (QED) is 0.932. The number of hydrogen-bond acceptors (Lipinski definition) is 2. The van der Waals surface area contributed by atoms with Gasteiger partial charge >= 0.3 is 0 Å². The second-order valence-electron chi connectivity index (χ2n) is 6.28. The molecule has 0 saturated carbocycles. The number of nitrogens with zero attached hydrogens (tertiary/aromatic N) is 1. The summed E-state index contributed by atoms with van der Waals surface area (Å²) < 4.78 is 0. The van der Waals surface area contributed by atoms with Crippen molar-refractivity contribution >= 4 is 16.3 Å². The monoisotopic (exact) mass is 278 g/mol. The molecule has 0 spiro atoms. The molecule has 2 heteroatoms. The van der Waals surface area contributed by atoms with Gasteiger partial charge in [0.2, 0.25) is 0 Å². The Labute approximate surface area is 126 Å². The maximum atomic E-state index is 5.76. The Morgan fingerprint density at radius 1 is 1.05 bits per heavy atom. The van der Waals surface area contributed by atoms with Gasteiger partial charge in [0, 0.05) is 25.2 Å². The molecule has 0 radical (unpaired) electrons. The molecule has 1 saturated heterocycles. The fourth-order valence-electron chi connectivity index (χ4n) is 4.02. The highest BCUT2D eigenvalue weighted by molar-refractivity contribution is 5.86. The van der Waals surface area contributed by atoms with Crippen LogP contribution in [0, 0.1) is 0 Å². The molecule has 2 aliphatic heterocycles. The maximum Gasteiger partial charge on any atom is 0.0288 e. The van der Waals surface area contributed by atoms with Crippen molar-refractivity contribution in [2.24, 2.45) is 5.73 Å². The lowest BCUT2D eigenvalue weighted by molar-refractivity contribution is 0.219. The average molecular weight is 278 g/mol. The molecule has 2 aromatic rings. The molecule has 2 N–H and O–H groups in total. The van der Waals surface area contributed by atoms with Gasteiger partial charge in [0.05, 0.1) is 0 Å². The summed E-state index contributed by atoms with van der Waals surface area (Å²) in [6.45, 7) is 1.81.